The first-order valence-corrected chi connectivity index (χ1v) is 3.84. The molecule has 0 aliphatic carbocycles. The van der Waals surface area contributed by atoms with Crippen molar-refractivity contribution in [1.29, 1.82) is 0 Å². The number of hydrogen-bond donors (Lipinski definition) is 1. The van der Waals surface area contributed by atoms with E-state index in [4.69, 9.17) is 28.3 Å². The Hall–Kier alpha value is -1.07. The molecule has 1 heterocycles. The molecule has 0 atom stereocenters. The first-order chi connectivity index (χ1) is 5.95. The van der Waals surface area contributed by atoms with Crippen LogP contribution in [0.3, 0.4) is 0 Å². The number of nitrogens with zero attached hydrogens (tertiary/aromatic N) is 1. The van der Waals surface area contributed by atoms with Crippen LogP contribution in [0.2, 0.25) is 0 Å². The molecule has 13 heavy (non-hydrogen) atoms. The van der Waals surface area contributed by atoms with Gasteiger partial charge in [-0.15, -0.1) is 0 Å². The lowest BCUT2D eigenvalue weighted by molar-refractivity contribution is -0.147. The van der Waals surface area contributed by atoms with Crippen LogP contribution in [-0.4, -0.2) is 34.3 Å². The number of imide groups is 1. The van der Waals surface area contributed by atoms with Crippen LogP contribution in [0.4, 0.5) is 0 Å². The first kappa shape index (κ1) is 10.0. The summed E-state index contributed by atoms with van der Waals surface area (Å²) in [5.41, 5.74) is 0. The number of carbonyl (C=O) groups is 3. The zero-order valence-corrected chi connectivity index (χ0v) is 7.59. The fourth-order valence-electron chi connectivity index (χ4n) is 0.796. The Morgan fingerprint density at radius 2 is 1.62 bits per heavy atom. The molecule has 0 aromatic carbocycles. The second-order valence-corrected chi connectivity index (χ2v) is 2.97. The van der Waals surface area contributed by atoms with Gasteiger partial charge in [0.2, 0.25) is 0 Å². The molecule has 0 radical (unpaired) electrons. The minimum Gasteiger partial charge on any atom is -0.480 e. The molecule has 0 unspecified atom stereocenters. The highest BCUT2D eigenvalue weighted by molar-refractivity contribution is 6.58. The van der Waals surface area contributed by atoms with E-state index < -0.39 is 34.4 Å². The molecule has 0 spiro atoms. The van der Waals surface area contributed by atoms with Crippen molar-refractivity contribution >= 4 is 41.0 Å². The van der Waals surface area contributed by atoms with E-state index in [1.807, 2.05) is 0 Å². The van der Waals surface area contributed by atoms with Gasteiger partial charge in [-0.1, -0.05) is 23.2 Å². The van der Waals surface area contributed by atoms with Gasteiger partial charge in [0, 0.05) is 0 Å². The molecule has 0 saturated carbocycles. The average molecular weight is 224 g/mol. The lowest BCUT2D eigenvalue weighted by atomic mass is 10.5. The summed E-state index contributed by atoms with van der Waals surface area (Å²) in [4.78, 5) is 32.7. The summed E-state index contributed by atoms with van der Waals surface area (Å²) < 4.78 is 0. The lowest BCUT2D eigenvalue weighted by Gasteiger charge is -2.09. The number of amides is 2. The zero-order chi connectivity index (χ0) is 10.2. The van der Waals surface area contributed by atoms with Crippen LogP contribution in [0.5, 0.6) is 0 Å². The summed E-state index contributed by atoms with van der Waals surface area (Å²) in [5, 5.41) is 7.46. The van der Waals surface area contributed by atoms with E-state index in [2.05, 4.69) is 0 Å². The van der Waals surface area contributed by atoms with Crippen molar-refractivity contribution in [3.05, 3.63) is 10.1 Å². The van der Waals surface area contributed by atoms with Crippen molar-refractivity contribution in [2.24, 2.45) is 0 Å². The van der Waals surface area contributed by atoms with Crippen molar-refractivity contribution in [3.63, 3.8) is 0 Å². The molecule has 0 aromatic heterocycles. The minimum absolute atomic E-state index is 0.437. The molecule has 1 aliphatic rings. The molecule has 70 valence electrons. The first-order valence-electron chi connectivity index (χ1n) is 3.08. The van der Waals surface area contributed by atoms with Gasteiger partial charge in [0.15, 0.2) is 0 Å². The molecule has 0 aromatic rings. The Labute approximate surface area is 82.5 Å². The third kappa shape index (κ3) is 1.66. The fourth-order valence-corrected chi connectivity index (χ4v) is 1.16. The van der Waals surface area contributed by atoms with E-state index in [0.29, 0.717) is 4.90 Å². The third-order valence-corrected chi connectivity index (χ3v) is 2.15. The zero-order valence-electron chi connectivity index (χ0n) is 6.08. The standard InChI is InChI=1S/C6H3Cl2NO4/c7-3-4(8)6(13)9(5(3)12)1-2(10)11/h1H2,(H,10,11). The molecular weight excluding hydrogens is 221 g/mol. The van der Waals surface area contributed by atoms with Gasteiger partial charge in [-0.3, -0.25) is 19.3 Å². The van der Waals surface area contributed by atoms with Crippen molar-refractivity contribution in [2.45, 2.75) is 0 Å². The SMILES string of the molecule is O=C(O)CN1C(=O)C(Cl)=C(Cl)C1=O. The minimum atomic E-state index is -1.31. The summed E-state index contributed by atoms with van der Waals surface area (Å²) in [6.07, 6.45) is 0. The Morgan fingerprint density at radius 3 is 1.92 bits per heavy atom. The van der Waals surface area contributed by atoms with Crippen LogP contribution < -0.4 is 0 Å². The molecule has 0 bridgehead atoms. The highest BCUT2D eigenvalue weighted by Crippen LogP contribution is 2.25. The van der Waals surface area contributed by atoms with Crippen LogP contribution >= 0.6 is 23.2 Å². The van der Waals surface area contributed by atoms with Gasteiger partial charge in [0.25, 0.3) is 11.8 Å². The van der Waals surface area contributed by atoms with Gasteiger partial charge in [0.1, 0.15) is 16.6 Å². The number of carbonyl (C=O) groups excluding carboxylic acids is 2. The van der Waals surface area contributed by atoms with Gasteiger partial charge in [-0.05, 0) is 0 Å². The Kier molecular flexibility index (Phi) is 2.58. The topological polar surface area (TPSA) is 74.7 Å². The van der Waals surface area contributed by atoms with Crippen molar-refractivity contribution in [2.75, 3.05) is 6.54 Å². The molecular formula is C6H3Cl2NO4. The second kappa shape index (κ2) is 3.35. The monoisotopic (exact) mass is 223 g/mol. The number of aliphatic carboxylic acids is 1. The summed E-state index contributed by atoms with van der Waals surface area (Å²) in [6.45, 7) is -0.732. The third-order valence-electron chi connectivity index (χ3n) is 1.35. The maximum Gasteiger partial charge on any atom is 0.323 e. The van der Waals surface area contributed by atoms with E-state index in [1.54, 1.807) is 0 Å². The van der Waals surface area contributed by atoms with E-state index in [-0.39, 0.29) is 0 Å². The van der Waals surface area contributed by atoms with Gasteiger partial charge >= 0.3 is 5.97 Å². The number of hydrogen-bond acceptors (Lipinski definition) is 3. The molecule has 2 amide bonds. The lowest BCUT2D eigenvalue weighted by Crippen LogP contribution is -2.35. The van der Waals surface area contributed by atoms with E-state index in [0.717, 1.165) is 0 Å². The van der Waals surface area contributed by atoms with Gasteiger partial charge in [0.05, 0.1) is 0 Å². The van der Waals surface area contributed by atoms with Gasteiger partial charge in [-0.25, -0.2) is 0 Å². The second-order valence-electron chi connectivity index (χ2n) is 2.22. The molecule has 1 rings (SSSR count). The summed E-state index contributed by atoms with van der Waals surface area (Å²) >= 11 is 10.7. The van der Waals surface area contributed by atoms with Crippen LogP contribution in [0.15, 0.2) is 10.1 Å². The van der Waals surface area contributed by atoms with Crippen molar-refractivity contribution < 1.29 is 19.5 Å². The van der Waals surface area contributed by atoms with Crippen LogP contribution in [0, 0.1) is 0 Å². The Morgan fingerprint density at radius 1 is 1.23 bits per heavy atom. The highest BCUT2D eigenvalue weighted by Gasteiger charge is 2.37. The normalized spacial score (nSPS) is 17.2. The van der Waals surface area contributed by atoms with Crippen molar-refractivity contribution in [1.82, 2.24) is 4.90 Å². The van der Waals surface area contributed by atoms with E-state index in [9.17, 15) is 14.4 Å². The predicted molar refractivity (Wildman–Crippen MR) is 43.1 cm³/mol. The molecule has 1 N–H and O–H groups in total. The summed E-state index contributed by atoms with van der Waals surface area (Å²) in [7, 11) is 0. The predicted octanol–water partition coefficient (Wildman–Crippen LogP) is 0.129. The summed E-state index contributed by atoms with van der Waals surface area (Å²) in [6, 6.07) is 0. The number of carboxylic acid groups (broad SMARTS) is 1. The fraction of sp³-hybridized carbons (Fsp3) is 0.167. The highest BCUT2D eigenvalue weighted by atomic mass is 35.5. The number of carboxylic acids is 1. The van der Waals surface area contributed by atoms with E-state index >= 15 is 0 Å². The molecule has 1 aliphatic heterocycles. The van der Waals surface area contributed by atoms with Crippen LogP contribution in [-0.2, 0) is 14.4 Å². The van der Waals surface area contributed by atoms with E-state index in [1.165, 1.54) is 0 Å². The molecule has 0 fully saturated rings. The molecule has 0 saturated heterocycles. The smallest absolute Gasteiger partial charge is 0.323 e. The Balaban J connectivity index is 2.91. The largest absolute Gasteiger partial charge is 0.480 e. The van der Waals surface area contributed by atoms with Crippen LogP contribution in [0.25, 0.3) is 0 Å². The van der Waals surface area contributed by atoms with Crippen LogP contribution in [0.1, 0.15) is 0 Å². The van der Waals surface area contributed by atoms with Crippen molar-refractivity contribution in [3.8, 4) is 0 Å². The van der Waals surface area contributed by atoms with Gasteiger partial charge in [-0.2, -0.15) is 0 Å². The number of rotatable bonds is 2. The Bertz CT molecular complexity index is 312. The average Bonchev–Trinajstić information content (AvgIpc) is 2.22. The molecule has 7 heteroatoms. The quantitative estimate of drug-likeness (QED) is 0.676. The maximum atomic E-state index is 11.0. The molecule has 5 nitrogen and oxygen atoms in total. The van der Waals surface area contributed by atoms with Gasteiger partial charge < -0.3 is 5.11 Å². The maximum absolute atomic E-state index is 11.0. The number of halogens is 2. The summed E-state index contributed by atoms with van der Waals surface area (Å²) in [5.74, 6) is -3.06.